The Kier molecular flexibility index (Phi) is 6.87. The van der Waals surface area contributed by atoms with Gasteiger partial charge in [0, 0.05) is 13.1 Å². The number of hydrogen-bond donors (Lipinski definition) is 0. The monoisotopic (exact) mass is 511 g/mol. The largest absolute Gasteiger partial charge is 0.497 e. The number of hydrogen-bond acceptors (Lipinski definition) is 6. The van der Waals surface area contributed by atoms with Crippen molar-refractivity contribution in [2.24, 2.45) is 4.99 Å². The molecule has 0 spiro atoms. The van der Waals surface area contributed by atoms with Gasteiger partial charge >= 0.3 is 0 Å². The standard InChI is InChI=1S/C21H22ClN3O4S3/c1-3-11-24-15-8-7-14(29-2)13-17(15)30-21(24)23-20(26)16-6-4-5-12-25(16)32(27,28)19-10-9-18(22)31-19/h3,7-10,13,16H,1,4-6,11-12H2,2H3. The summed E-state index contributed by atoms with van der Waals surface area (Å²) < 4.78 is 36.3. The summed E-state index contributed by atoms with van der Waals surface area (Å²) in [5, 5.41) is 0. The summed E-state index contributed by atoms with van der Waals surface area (Å²) in [5.41, 5.74) is 0.906. The van der Waals surface area contributed by atoms with Crippen LogP contribution in [0.15, 0.2) is 52.2 Å². The fraction of sp³-hybridized carbons (Fsp3) is 0.333. The lowest BCUT2D eigenvalue weighted by molar-refractivity contribution is -0.122. The summed E-state index contributed by atoms with van der Waals surface area (Å²) in [7, 11) is -2.23. The minimum atomic E-state index is -3.83. The van der Waals surface area contributed by atoms with Gasteiger partial charge in [0.25, 0.3) is 15.9 Å². The second-order valence-corrected chi connectivity index (χ2v) is 12.1. The predicted octanol–water partition coefficient (Wildman–Crippen LogP) is 4.28. The van der Waals surface area contributed by atoms with Crippen LogP contribution >= 0.6 is 34.3 Å². The molecule has 0 aliphatic carbocycles. The molecule has 2 aromatic heterocycles. The van der Waals surface area contributed by atoms with Crippen LogP contribution in [0, 0.1) is 0 Å². The van der Waals surface area contributed by atoms with Gasteiger partial charge in [0.05, 0.1) is 21.7 Å². The predicted molar refractivity (Wildman–Crippen MR) is 128 cm³/mol. The quantitative estimate of drug-likeness (QED) is 0.462. The van der Waals surface area contributed by atoms with Gasteiger partial charge in [0.1, 0.15) is 16.0 Å². The normalized spacial score (nSPS) is 18.2. The lowest BCUT2D eigenvalue weighted by Crippen LogP contribution is -2.47. The van der Waals surface area contributed by atoms with Gasteiger partial charge in [-0.3, -0.25) is 4.79 Å². The van der Waals surface area contributed by atoms with E-state index < -0.39 is 22.0 Å². The molecule has 3 aromatic rings. The van der Waals surface area contributed by atoms with Crippen LogP contribution < -0.4 is 9.54 Å². The average molecular weight is 512 g/mol. The number of rotatable bonds is 6. The highest BCUT2D eigenvalue weighted by Crippen LogP contribution is 2.32. The number of nitrogens with zero attached hydrogens (tertiary/aromatic N) is 3. The molecule has 1 atom stereocenters. The van der Waals surface area contributed by atoms with Crippen molar-refractivity contribution in [3.63, 3.8) is 0 Å². The van der Waals surface area contributed by atoms with Gasteiger partial charge in [-0.2, -0.15) is 9.30 Å². The van der Waals surface area contributed by atoms with Crippen molar-refractivity contribution in [3.05, 3.63) is 52.1 Å². The van der Waals surface area contributed by atoms with Crippen LogP contribution in [0.1, 0.15) is 19.3 Å². The third-order valence-electron chi connectivity index (χ3n) is 5.26. The number of amides is 1. The van der Waals surface area contributed by atoms with Crippen molar-refractivity contribution in [2.45, 2.75) is 36.1 Å². The molecule has 0 bridgehead atoms. The minimum absolute atomic E-state index is 0.137. The summed E-state index contributed by atoms with van der Waals surface area (Å²) in [4.78, 5) is 18.1. The van der Waals surface area contributed by atoms with Crippen LogP contribution in [0.5, 0.6) is 5.75 Å². The third kappa shape index (κ3) is 4.42. The number of sulfonamides is 1. The van der Waals surface area contributed by atoms with Gasteiger partial charge in [-0.1, -0.05) is 35.4 Å². The number of thiophene rings is 1. The number of aromatic nitrogens is 1. The van der Waals surface area contributed by atoms with Gasteiger partial charge in [-0.25, -0.2) is 8.42 Å². The zero-order valence-electron chi connectivity index (χ0n) is 17.4. The molecule has 11 heteroatoms. The van der Waals surface area contributed by atoms with E-state index in [4.69, 9.17) is 16.3 Å². The Morgan fingerprint density at radius 1 is 1.31 bits per heavy atom. The van der Waals surface area contributed by atoms with E-state index in [1.54, 1.807) is 19.3 Å². The Balaban J connectivity index is 1.75. The first kappa shape index (κ1) is 23.2. The Morgan fingerprint density at radius 3 is 2.81 bits per heavy atom. The van der Waals surface area contributed by atoms with E-state index >= 15 is 0 Å². The highest BCUT2D eigenvalue weighted by Gasteiger charge is 2.38. The van der Waals surface area contributed by atoms with E-state index in [1.165, 1.54) is 21.7 Å². The van der Waals surface area contributed by atoms with Crippen LogP contribution in [0.3, 0.4) is 0 Å². The van der Waals surface area contributed by atoms with E-state index in [0.717, 1.165) is 28.0 Å². The highest BCUT2D eigenvalue weighted by atomic mass is 35.5. The van der Waals surface area contributed by atoms with E-state index in [9.17, 15) is 13.2 Å². The Bertz CT molecular complexity index is 1340. The fourth-order valence-electron chi connectivity index (χ4n) is 3.73. The smallest absolute Gasteiger partial charge is 0.266 e. The Morgan fingerprint density at radius 2 is 2.12 bits per heavy atom. The maximum absolute atomic E-state index is 13.3. The van der Waals surface area contributed by atoms with Gasteiger partial charge in [-0.05, 0) is 43.2 Å². The number of ether oxygens (including phenoxy) is 1. The van der Waals surface area contributed by atoms with Crippen molar-refractivity contribution < 1.29 is 17.9 Å². The molecule has 4 rings (SSSR count). The van der Waals surface area contributed by atoms with Crippen LogP contribution in [-0.4, -0.2) is 42.9 Å². The van der Waals surface area contributed by atoms with Crippen LogP contribution in [0.4, 0.5) is 0 Å². The number of thiazole rings is 1. The van der Waals surface area contributed by atoms with Gasteiger partial charge in [0.2, 0.25) is 0 Å². The van der Waals surface area contributed by atoms with Gasteiger partial charge in [-0.15, -0.1) is 17.9 Å². The van der Waals surface area contributed by atoms with Crippen molar-refractivity contribution in [1.82, 2.24) is 8.87 Å². The van der Waals surface area contributed by atoms with Crippen LogP contribution in [0.2, 0.25) is 4.34 Å². The molecule has 7 nitrogen and oxygen atoms in total. The first-order valence-electron chi connectivity index (χ1n) is 9.99. The van der Waals surface area contributed by atoms with Crippen molar-refractivity contribution in [2.75, 3.05) is 13.7 Å². The van der Waals surface area contributed by atoms with E-state index in [0.29, 0.717) is 34.3 Å². The molecule has 1 saturated heterocycles. The zero-order valence-corrected chi connectivity index (χ0v) is 20.6. The second kappa shape index (κ2) is 9.48. The SMILES string of the molecule is C=CCn1c(=NC(=O)C2CCCCN2S(=O)(=O)c2ccc(Cl)s2)sc2cc(OC)ccc21. The molecule has 1 unspecified atom stereocenters. The van der Waals surface area contributed by atoms with Crippen molar-refractivity contribution in [1.29, 1.82) is 0 Å². The first-order chi connectivity index (χ1) is 15.3. The molecule has 1 aliphatic rings. The van der Waals surface area contributed by atoms with Crippen molar-refractivity contribution >= 4 is 60.4 Å². The summed E-state index contributed by atoms with van der Waals surface area (Å²) in [6.45, 7) is 4.55. The average Bonchev–Trinajstić information content (AvgIpc) is 3.37. The Labute approximate surface area is 199 Å². The molecule has 1 amide bonds. The zero-order chi connectivity index (χ0) is 22.9. The first-order valence-corrected chi connectivity index (χ1v) is 13.4. The molecule has 0 N–H and O–H groups in total. The molecular weight excluding hydrogens is 490 g/mol. The van der Waals surface area contributed by atoms with Gasteiger partial charge < -0.3 is 9.30 Å². The molecule has 0 saturated carbocycles. The van der Waals surface area contributed by atoms with Crippen molar-refractivity contribution in [3.8, 4) is 5.75 Å². The van der Waals surface area contributed by atoms with E-state index in [1.807, 2.05) is 22.8 Å². The molecular formula is C21H22ClN3O4S3. The molecule has 0 radical (unpaired) electrons. The molecule has 170 valence electrons. The van der Waals surface area contributed by atoms with E-state index in [2.05, 4.69) is 11.6 Å². The minimum Gasteiger partial charge on any atom is -0.497 e. The summed E-state index contributed by atoms with van der Waals surface area (Å²) in [5.74, 6) is 0.244. The number of allylic oxidation sites excluding steroid dienone is 1. The topological polar surface area (TPSA) is 81.0 Å². The highest BCUT2D eigenvalue weighted by molar-refractivity contribution is 7.91. The Hall–Kier alpha value is -1.98. The number of fused-ring (bicyclic) bond motifs is 1. The molecule has 3 heterocycles. The summed E-state index contributed by atoms with van der Waals surface area (Å²) in [6.07, 6.45) is 3.62. The lowest BCUT2D eigenvalue weighted by Gasteiger charge is -2.31. The second-order valence-electron chi connectivity index (χ2n) is 7.25. The third-order valence-corrected chi connectivity index (χ3v) is 9.91. The number of methoxy groups -OCH3 is 1. The number of benzene rings is 1. The summed E-state index contributed by atoms with van der Waals surface area (Å²) in [6, 6.07) is 7.84. The number of carbonyl (C=O) groups excluding carboxylic acids is 1. The molecule has 1 fully saturated rings. The van der Waals surface area contributed by atoms with E-state index in [-0.39, 0.29) is 10.8 Å². The lowest BCUT2D eigenvalue weighted by atomic mass is 10.0. The maximum Gasteiger partial charge on any atom is 0.266 e. The molecule has 32 heavy (non-hydrogen) atoms. The fourth-order valence-corrected chi connectivity index (χ4v) is 8.07. The van der Waals surface area contributed by atoms with Gasteiger partial charge in [0.15, 0.2) is 4.80 Å². The summed E-state index contributed by atoms with van der Waals surface area (Å²) >= 11 is 8.30. The molecule has 1 aromatic carbocycles. The molecule has 1 aliphatic heterocycles. The maximum atomic E-state index is 13.3. The number of carbonyl (C=O) groups is 1. The van der Waals surface area contributed by atoms with Crippen LogP contribution in [-0.2, 0) is 21.4 Å². The number of piperidine rings is 1. The van der Waals surface area contributed by atoms with Crippen LogP contribution in [0.25, 0.3) is 10.2 Å². The number of halogens is 1.